The number of nitrogens with zero attached hydrogens (tertiary/aromatic N) is 4. The largest absolute Gasteiger partial charge is 0.361 e. The van der Waals surface area contributed by atoms with Crippen molar-refractivity contribution in [2.45, 2.75) is 43.6 Å². The molecule has 0 saturated carbocycles. The smallest absolute Gasteiger partial charge is 0.225 e. The number of aryl methyl sites for hydroxylation is 2. The third-order valence-corrected chi connectivity index (χ3v) is 6.70. The van der Waals surface area contributed by atoms with Crippen LogP contribution in [-0.4, -0.2) is 25.8 Å². The Bertz CT molecular complexity index is 1250. The molecule has 2 aromatic carbocycles. The molecule has 0 unspecified atom stereocenters. The molecule has 0 saturated heterocycles. The number of nitrogens with one attached hydrogen (secondary N) is 1. The Morgan fingerprint density at radius 1 is 1.12 bits per heavy atom. The quantitative estimate of drug-likeness (QED) is 0.356. The van der Waals surface area contributed by atoms with Gasteiger partial charge in [-0.25, -0.2) is 4.39 Å². The van der Waals surface area contributed by atoms with Gasteiger partial charge in [0.05, 0.1) is 18.2 Å². The van der Waals surface area contributed by atoms with E-state index in [-0.39, 0.29) is 18.1 Å². The third kappa shape index (κ3) is 5.53. The van der Waals surface area contributed by atoms with Crippen molar-refractivity contribution in [1.29, 1.82) is 0 Å². The van der Waals surface area contributed by atoms with E-state index < -0.39 is 6.04 Å². The lowest BCUT2D eigenvalue weighted by Crippen LogP contribution is -2.33. The predicted molar refractivity (Wildman–Crippen MR) is 128 cm³/mol. The zero-order valence-electron chi connectivity index (χ0n) is 19.3. The van der Waals surface area contributed by atoms with Gasteiger partial charge in [0.1, 0.15) is 11.6 Å². The van der Waals surface area contributed by atoms with Crippen LogP contribution in [0.15, 0.2) is 64.3 Å². The average Bonchev–Trinajstić information content (AvgIpc) is 3.35. The highest BCUT2D eigenvalue weighted by Crippen LogP contribution is 2.26. The first-order valence-corrected chi connectivity index (χ1v) is 11.9. The maximum atomic E-state index is 14.0. The van der Waals surface area contributed by atoms with E-state index in [9.17, 15) is 9.18 Å². The van der Waals surface area contributed by atoms with Crippen molar-refractivity contribution >= 4 is 17.7 Å². The van der Waals surface area contributed by atoms with Crippen molar-refractivity contribution in [2.75, 3.05) is 0 Å². The van der Waals surface area contributed by atoms with Gasteiger partial charge in [-0.1, -0.05) is 65.4 Å². The Morgan fingerprint density at radius 3 is 2.56 bits per heavy atom. The number of amides is 1. The zero-order chi connectivity index (χ0) is 24.1. The molecule has 2 aromatic heterocycles. The molecule has 7 nitrogen and oxygen atoms in total. The second-order valence-corrected chi connectivity index (χ2v) is 9.01. The molecular weight excluding hydrogens is 453 g/mol. The monoisotopic (exact) mass is 479 g/mol. The topological polar surface area (TPSA) is 85.8 Å². The van der Waals surface area contributed by atoms with Gasteiger partial charge < -0.3 is 14.4 Å². The summed E-state index contributed by atoms with van der Waals surface area (Å²) in [5.41, 5.74) is 3.16. The molecular formula is C25H26FN5O2S. The van der Waals surface area contributed by atoms with Crippen LogP contribution in [0.25, 0.3) is 0 Å². The van der Waals surface area contributed by atoms with Gasteiger partial charge in [0.15, 0.2) is 11.0 Å². The molecule has 0 fully saturated rings. The maximum absolute atomic E-state index is 14.0. The summed E-state index contributed by atoms with van der Waals surface area (Å²) in [5, 5.41) is 16.4. The molecule has 1 amide bonds. The zero-order valence-corrected chi connectivity index (χ0v) is 20.1. The number of carbonyl (C=O) groups excluding carboxylic acids is 1. The number of hydrogen-bond acceptors (Lipinski definition) is 6. The predicted octanol–water partition coefficient (Wildman–Crippen LogP) is 4.49. The SMILES string of the molecule is Cc1noc(C)c1CC(=O)N[C@@H](Cc1ccccc1)c1nnc(SCc2ccccc2F)n1C. The maximum Gasteiger partial charge on any atom is 0.225 e. The summed E-state index contributed by atoms with van der Waals surface area (Å²) >= 11 is 1.40. The lowest BCUT2D eigenvalue weighted by molar-refractivity contribution is -0.121. The van der Waals surface area contributed by atoms with Gasteiger partial charge >= 0.3 is 0 Å². The van der Waals surface area contributed by atoms with Crippen LogP contribution in [-0.2, 0) is 30.4 Å². The van der Waals surface area contributed by atoms with Crippen LogP contribution in [0.2, 0.25) is 0 Å². The van der Waals surface area contributed by atoms with E-state index in [0.29, 0.717) is 40.2 Å². The van der Waals surface area contributed by atoms with Crippen LogP contribution >= 0.6 is 11.8 Å². The molecule has 9 heteroatoms. The van der Waals surface area contributed by atoms with Crippen molar-refractivity contribution in [1.82, 2.24) is 25.2 Å². The van der Waals surface area contributed by atoms with Crippen LogP contribution in [0.3, 0.4) is 0 Å². The van der Waals surface area contributed by atoms with Gasteiger partial charge in [-0.15, -0.1) is 10.2 Å². The molecule has 4 aromatic rings. The van der Waals surface area contributed by atoms with Crippen LogP contribution in [0.4, 0.5) is 4.39 Å². The third-order valence-electron chi connectivity index (χ3n) is 5.63. The van der Waals surface area contributed by atoms with Crippen molar-refractivity contribution in [3.05, 3.63) is 94.4 Å². The fourth-order valence-corrected chi connectivity index (χ4v) is 4.63. The molecule has 0 aliphatic heterocycles. The number of thioether (sulfide) groups is 1. The van der Waals surface area contributed by atoms with Crippen molar-refractivity contribution < 1.29 is 13.7 Å². The molecule has 0 spiro atoms. The summed E-state index contributed by atoms with van der Waals surface area (Å²) in [6, 6.07) is 16.2. The molecule has 4 rings (SSSR count). The van der Waals surface area contributed by atoms with Crippen molar-refractivity contribution in [3.8, 4) is 0 Å². The number of carbonyl (C=O) groups is 1. The van der Waals surface area contributed by atoms with Crippen LogP contribution in [0.5, 0.6) is 0 Å². The Labute approximate surface area is 201 Å². The summed E-state index contributed by atoms with van der Waals surface area (Å²) in [5.74, 6) is 1.30. The van der Waals surface area contributed by atoms with Crippen molar-refractivity contribution in [3.63, 3.8) is 0 Å². The molecule has 2 heterocycles. The molecule has 0 radical (unpaired) electrons. The van der Waals surface area contributed by atoms with Crippen LogP contribution in [0.1, 0.15) is 40.0 Å². The molecule has 0 aliphatic carbocycles. The molecule has 34 heavy (non-hydrogen) atoms. The highest BCUT2D eigenvalue weighted by Gasteiger charge is 2.24. The molecule has 0 bridgehead atoms. The summed E-state index contributed by atoms with van der Waals surface area (Å²) in [7, 11) is 1.86. The number of hydrogen-bond donors (Lipinski definition) is 1. The van der Waals surface area contributed by atoms with E-state index in [0.717, 1.165) is 11.1 Å². The van der Waals surface area contributed by atoms with Gasteiger partial charge in [-0.3, -0.25) is 4.79 Å². The summed E-state index contributed by atoms with van der Waals surface area (Å²) in [6.07, 6.45) is 0.720. The van der Waals surface area contributed by atoms with E-state index in [4.69, 9.17) is 4.52 Å². The Kier molecular flexibility index (Phi) is 7.42. The standard InChI is InChI=1S/C25H26FN5O2S/c1-16-20(17(2)33-30-16)14-23(32)27-22(13-18-9-5-4-6-10-18)24-28-29-25(31(24)3)34-15-19-11-7-8-12-21(19)26/h4-12,22H,13-15H2,1-3H3,(H,27,32)/t22-/m0/s1. The van der Waals surface area contributed by atoms with E-state index in [1.165, 1.54) is 17.8 Å². The molecule has 1 atom stereocenters. The Hall–Kier alpha value is -3.46. The minimum Gasteiger partial charge on any atom is -0.361 e. The first-order valence-electron chi connectivity index (χ1n) is 10.9. The lowest BCUT2D eigenvalue weighted by Gasteiger charge is -2.18. The van der Waals surface area contributed by atoms with Gasteiger partial charge in [-0.2, -0.15) is 0 Å². The van der Waals surface area contributed by atoms with E-state index >= 15 is 0 Å². The number of rotatable bonds is 9. The molecule has 176 valence electrons. The lowest BCUT2D eigenvalue weighted by atomic mass is 10.0. The normalized spacial score (nSPS) is 12.0. The number of halogens is 1. The van der Waals surface area contributed by atoms with Gasteiger partial charge in [0, 0.05) is 18.4 Å². The van der Waals surface area contributed by atoms with Crippen molar-refractivity contribution in [2.24, 2.45) is 7.05 Å². The molecule has 0 aliphatic rings. The van der Waals surface area contributed by atoms with E-state index in [1.54, 1.807) is 19.1 Å². The van der Waals surface area contributed by atoms with E-state index in [1.807, 2.05) is 54.9 Å². The molecule has 1 N–H and O–H groups in total. The summed E-state index contributed by atoms with van der Waals surface area (Å²) < 4.78 is 21.1. The first kappa shape index (κ1) is 23.7. The second kappa shape index (κ2) is 10.6. The Morgan fingerprint density at radius 2 is 1.85 bits per heavy atom. The minimum absolute atomic E-state index is 0.154. The highest BCUT2D eigenvalue weighted by atomic mass is 32.2. The second-order valence-electron chi connectivity index (χ2n) is 8.07. The summed E-state index contributed by atoms with van der Waals surface area (Å²) in [4.78, 5) is 13.0. The number of aromatic nitrogens is 4. The highest BCUT2D eigenvalue weighted by molar-refractivity contribution is 7.98. The van der Waals surface area contributed by atoms with Gasteiger partial charge in [-0.05, 0) is 37.5 Å². The first-order chi connectivity index (χ1) is 16.4. The van der Waals surface area contributed by atoms with Gasteiger partial charge in [0.25, 0.3) is 0 Å². The Balaban J connectivity index is 1.54. The average molecular weight is 480 g/mol. The minimum atomic E-state index is -0.393. The van der Waals surface area contributed by atoms with Crippen LogP contribution in [0, 0.1) is 19.7 Å². The fourth-order valence-electron chi connectivity index (χ4n) is 3.73. The summed E-state index contributed by atoms with van der Waals surface area (Å²) in [6.45, 7) is 3.62. The fraction of sp³-hybridized carbons (Fsp3) is 0.280. The van der Waals surface area contributed by atoms with Gasteiger partial charge in [0.2, 0.25) is 5.91 Å². The number of benzene rings is 2. The van der Waals surface area contributed by atoms with Crippen LogP contribution < -0.4 is 5.32 Å². The van der Waals surface area contributed by atoms with E-state index in [2.05, 4.69) is 20.7 Å².